The number of carbonyl (C=O) groups excluding carboxylic acids is 1. The average molecular weight is 489 g/mol. The molecule has 0 spiro atoms. The van der Waals surface area contributed by atoms with Crippen LogP contribution >= 0.6 is 34.5 Å². The number of furan rings is 2. The van der Waals surface area contributed by atoms with Gasteiger partial charge < -0.3 is 18.6 Å². The highest BCUT2D eigenvalue weighted by Gasteiger charge is 2.25. The van der Waals surface area contributed by atoms with Crippen LogP contribution in [0.5, 0.6) is 0 Å². The van der Waals surface area contributed by atoms with Crippen LogP contribution in [0.15, 0.2) is 57.6 Å². The van der Waals surface area contributed by atoms with E-state index >= 15 is 0 Å². The zero-order valence-corrected chi connectivity index (χ0v) is 19.7. The first kappa shape index (κ1) is 21.4. The van der Waals surface area contributed by atoms with Gasteiger partial charge in [0.05, 0.1) is 24.4 Å². The van der Waals surface area contributed by atoms with Crippen molar-refractivity contribution in [3.63, 3.8) is 0 Å². The van der Waals surface area contributed by atoms with E-state index in [2.05, 4.69) is 4.90 Å². The minimum atomic E-state index is -0.167. The second kappa shape index (κ2) is 9.22. The zero-order valence-electron chi connectivity index (χ0n) is 17.4. The van der Waals surface area contributed by atoms with Crippen LogP contribution in [-0.2, 0) is 13.1 Å². The predicted molar refractivity (Wildman–Crippen MR) is 129 cm³/mol. The molecule has 1 aliphatic rings. The van der Waals surface area contributed by atoms with E-state index in [1.807, 2.05) is 36.4 Å². The summed E-state index contributed by atoms with van der Waals surface area (Å²) in [6.07, 6.45) is 5.21. The van der Waals surface area contributed by atoms with E-state index in [1.165, 1.54) is 30.6 Å². The fourth-order valence-corrected chi connectivity index (χ4v) is 5.79. The van der Waals surface area contributed by atoms with Gasteiger partial charge >= 0.3 is 0 Å². The lowest BCUT2D eigenvalue weighted by atomic mass is 10.1. The van der Waals surface area contributed by atoms with E-state index in [0.29, 0.717) is 33.8 Å². The highest BCUT2D eigenvalue weighted by atomic mass is 35.5. The van der Waals surface area contributed by atoms with E-state index in [-0.39, 0.29) is 5.91 Å². The number of hydrogen-bond donors (Lipinski definition) is 0. The van der Waals surface area contributed by atoms with Crippen molar-refractivity contribution in [2.45, 2.75) is 32.4 Å². The van der Waals surface area contributed by atoms with Crippen LogP contribution in [0.3, 0.4) is 0 Å². The van der Waals surface area contributed by atoms with E-state index in [4.69, 9.17) is 32.0 Å². The normalized spacial score (nSPS) is 14.2. The Labute approximate surface area is 200 Å². The number of nitrogens with zero attached hydrogens (tertiary/aromatic N) is 2. The Bertz CT molecular complexity index is 1230. The van der Waals surface area contributed by atoms with Crippen LogP contribution in [0.2, 0.25) is 10.0 Å². The molecule has 4 heterocycles. The third kappa shape index (κ3) is 4.40. The summed E-state index contributed by atoms with van der Waals surface area (Å²) in [6.45, 7) is 2.64. The molecule has 5 rings (SSSR count). The molecule has 0 radical (unpaired) electrons. The summed E-state index contributed by atoms with van der Waals surface area (Å²) in [7, 11) is 0. The predicted octanol–water partition coefficient (Wildman–Crippen LogP) is 7.23. The van der Waals surface area contributed by atoms with Gasteiger partial charge in [-0.25, -0.2) is 0 Å². The molecule has 5 nitrogen and oxygen atoms in total. The molecule has 1 fully saturated rings. The molecule has 4 aromatic rings. The summed E-state index contributed by atoms with van der Waals surface area (Å²) < 4.78 is 12.5. The standard InChI is InChI=1S/C24H22Cl2N2O3S/c25-16-6-8-19-20(13-16)32-23(22(19)26)24(29)28(14-17-5-4-12-30-17)15-18-7-9-21(31-18)27-10-2-1-3-11-27/h4-9,12-13H,1-3,10-11,14-15H2. The van der Waals surface area contributed by atoms with Crippen LogP contribution in [0.4, 0.5) is 5.88 Å². The molecule has 1 amide bonds. The van der Waals surface area contributed by atoms with Crippen molar-refractivity contribution in [1.82, 2.24) is 4.90 Å². The molecule has 3 aromatic heterocycles. The number of benzene rings is 1. The van der Waals surface area contributed by atoms with Gasteiger partial charge in [-0.3, -0.25) is 4.79 Å². The fraction of sp³-hybridized carbons (Fsp3) is 0.292. The summed E-state index contributed by atoms with van der Waals surface area (Å²) in [4.78, 5) is 18.0. The minimum absolute atomic E-state index is 0.167. The van der Waals surface area contributed by atoms with Crippen molar-refractivity contribution in [2.24, 2.45) is 0 Å². The smallest absolute Gasteiger partial charge is 0.266 e. The molecule has 8 heteroatoms. The zero-order chi connectivity index (χ0) is 22.1. The van der Waals surface area contributed by atoms with Gasteiger partial charge in [0.1, 0.15) is 16.4 Å². The summed E-state index contributed by atoms with van der Waals surface area (Å²) in [6, 6.07) is 13.1. The van der Waals surface area contributed by atoms with Gasteiger partial charge in [-0.15, -0.1) is 11.3 Å². The number of anilines is 1. The summed E-state index contributed by atoms with van der Waals surface area (Å²) in [5.74, 6) is 2.12. The largest absolute Gasteiger partial charge is 0.467 e. The van der Waals surface area contributed by atoms with Gasteiger partial charge in [0.2, 0.25) is 0 Å². The molecule has 1 aromatic carbocycles. The van der Waals surface area contributed by atoms with E-state index in [9.17, 15) is 4.79 Å². The second-order valence-electron chi connectivity index (χ2n) is 7.91. The van der Waals surface area contributed by atoms with E-state index in [1.54, 1.807) is 17.2 Å². The molecular weight excluding hydrogens is 467 g/mol. The second-order valence-corrected chi connectivity index (χ2v) is 9.78. The molecule has 0 unspecified atom stereocenters. The number of hydrogen-bond acceptors (Lipinski definition) is 5. The maximum absolute atomic E-state index is 13.6. The quantitative estimate of drug-likeness (QED) is 0.287. The van der Waals surface area contributed by atoms with Crippen molar-refractivity contribution in [3.05, 3.63) is 75.2 Å². The summed E-state index contributed by atoms with van der Waals surface area (Å²) in [5, 5.41) is 1.89. The molecule has 0 aliphatic carbocycles. The molecule has 0 bridgehead atoms. The van der Waals surface area contributed by atoms with Gasteiger partial charge in [0.25, 0.3) is 5.91 Å². The lowest BCUT2D eigenvalue weighted by Crippen LogP contribution is -2.30. The van der Waals surface area contributed by atoms with E-state index in [0.717, 1.165) is 34.8 Å². The minimum Gasteiger partial charge on any atom is -0.467 e. The summed E-state index contributed by atoms with van der Waals surface area (Å²) in [5.41, 5.74) is 0. The first-order valence-corrected chi connectivity index (χ1v) is 12.2. The Kier molecular flexibility index (Phi) is 6.17. The molecular formula is C24H22Cl2N2O3S. The number of amides is 1. The van der Waals surface area contributed by atoms with Crippen molar-refractivity contribution in [3.8, 4) is 0 Å². The van der Waals surface area contributed by atoms with Gasteiger partial charge in [0.15, 0.2) is 5.88 Å². The Balaban J connectivity index is 1.43. The van der Waals surface area contributed by atoms with Gasteiger partial charge in [-0.1, -0.05) is 29.3 Å². The maximum Gasteiger partial charge on any atom is 0.266 e. The van der Waals surface area contributed by atoms with Crippen LogP contribution < -0.4 is 4.90 Å². The first-order chi connectivity index (χ1) is 15.6. The average Bonchev–Trinajstić information content (AvgIpc) is 3.55. The SMILES string of the molecule is O=C(c1sc2cc(Cl)ccc2c1Cl)N(Cc1ccco1)Cc1ccc(N2CCCCC2)o1. The van der Waals surface area contributed by atoms with Crippen molar-refractivity contribution in [2.75, 3.05) is 18.0 Å². The lowest BCUT2D eigenvalue weighted by Gasteiger charge is -2.26. The molecule has 1 aliphatic heterocycles. The summed E-state index contributed by atoms with van der Waals surface area (Å²) >= 11 is 14.1. The fourth-order valence-electron chi connectivity index (χ4n) is 4.03. The third-order valence-corrected chi connectivity index (χ3v) is 7.54. The molecule has 1 saturated heterocycles. The van der Waals surface area contributed by atoms with Gasteiger partial charge in [-0.2, -0.15) is 0 Å². The Morgan fingerprint density at radius 3 is 2.62 bits per heavy atom. The highest BCUT2D eigenvalue weighted by Crippen LogP contribution is 2.38. The molecule has 0 saturated carbocycles. The van der Waals surface area contributed by atoms with Crippen LogP contribution in [0, 0.1) is 0 Å². The van der Waals surface area contributed by atoms with Crippen molar-refractivity contribution in [1.29, 1.82) is 0 Å². The number of halogens is 2. The number of carbonyl (C=O) groups is 1. The Morgan fingerprint density at radius 2 is 1.84 bits per heavy atom. The Hall–Kier alpha value is -2.41. The highest BCUT2D eigenvalue weighted by molar-refractivity contribution is 7.21. The Morgan fingerprint density at radius 1 is 1.03 bits per heavy atom. The monoisotopic (exact) mass is 488 g/mol. The van der Waals surface area contributed by atoms with Crippen molar-refractivity contribution < 1.29 is 13.6 Å². The lowest BCUT2D eigenvalue weighted by molar-refractivity contribution is 0.0710. The number of fused-ring (bicyclic) bond motifs is 1. The van der Waals surface area contributed by atoms with E-state index < -0.39 is 0 Å². The van der Waals surface area contributed by atoms with Crippen molar-refractivity contribution >= 4 is 56.4 Å². The van der Waals surface area contributed by atoms with Gasteiger partial charge in [0, 0.05) is 34.3 Å². The number of thiophene rings is 1. The van der Waals surface area contributed by atoms with Crippen LogP contribution in [0.1, 0.15) is 40.5 Å². The molecule has 0 N–H and O–H groups in total. The molecule has 0 atom stereocenters. The number of rotatable bonds is 6. The molecule has 166 valence electrons. The van der Waals surface area contributed by atoms with Crippen LogP contribution in [0.25, 0.3) is 10.1 Å². The first-order valence-electron chi connectivity index (χ1n) is 10.6. The topological polar surface area (TPSA) is 49.8 Å². The van der Waals surface area contributed by atoms with Gasteiger partial charge in [-0.05, 0) is 49.6 Å². The molecule has 32 heavy (non-hydrogen) atoms. The third-order valence-electron chi connectivity index (χ3n) is 5.66. The van der Waals surface area contributed by atoms with Crippen LogP contribution in [-0.4, -0.2) is 23.9 Å². The maximum atomic E-state index is 13.6. The number of piperidine rings is 1.